The molecule has 1 aliphatic carbocycles. The number of nitrogens with one attached hydrogen (secondary N) is 4. The predicted octanol–water partition coefficient (Wildman–Crippen LogP) is 3.74. The minimum absolute atomic E-state index is 0.0113. The van der Waals surface area contributed by atoms with E-state index >= 15 is 0 Å². The van der Waals surface area contributed by atoms with Crippen molar-refractivity contribution in [3.63, 3.8) is 0 Å². The molecular formula is C20H29N5O2S. The number of aromatic amines is 1. The predicted molar refractivity (Wildman–Crippen MR) is 115 cm³/mol. The topological polar surface area (TPSA) is 91.1 Å². The summed E-state index contributed by atoms with van der Waals surface area (Å²) in [5.74, 6) is 1.86. The van der Waals surface area contributed by atoms with Gasteiger partial charge in [-0.25, -0.2) is 4.98 Å². The lowest BCUT2D eigenvalue weighted by molar-refractivity contribution is -0.127. The van der Waals surface area contributed by atoms with Gasteiger partial charge in [0, 0.05) is 5.92 Å². The first-order chi connectivity index (χ1) is 13.3. The molecule has 0 spiro atoms. The summed E-state index contributed by atoms with van der Waals surface area (Å²) in [6.07, 6.45) is 4.01. The number of benzene rings is 1. The molecule has 1 fully saturated rings. The van der Waals surface area contributed by atoms with Gasteiger partial charge in [-0.05, 0) is 61.4 Å². The van der Waals surface area contributed by atoms with Gasteiger partial charge in [-0.2, -0.15) is 0 Å². The molecule has 1 heterocycles. The van der Waals surface area contributed by atoms with Crippen molar-refractivity contribution in [3.8, 4) is 5.75 Å². The average molecular weight is 404 g/mol. The van der Waals surface area contributed by atoms with Crippen molar-refractivity contribution in [2.75, 3.05) is 12.4 Å². The number of amides is 1. The molecule has 2 aromatic rings. The fraction of sp³-hybridized carbons (Fsp3) is 0.550. The summed E-state index contributed by atoms with van der Waals surface area (Å²) in [7, 11) is 1.60. The van der Waals surface area contributed by atoms with Gasteiger partial charge < -0.3 is 15.0 Å². The van der Waals surface area contributed by atoms with E-state index in [4.69, 9.17) is 17.0 Å². The Morgan fingerprint density at radius 3 is 2.57 bits per heavy atom. The van der Waals surface area contributed by atoms with Gasteiger partial charge in [0.15, 0.2) is 5.11 Å². The molecule has 0 bridgehead atoms. The second-order valence-corrected chi connectivity index (χ2v) is 8.83. The van der Waals surface area contributed by atoms with Crippen molar-refractivity contribution >= 4 is 40.2 Å². The lowest BCUT2D eigenvalue weighted by Crippen LogP contribution is -2.47. The SMILES string of the molecule is COc1cccc2[nH]c(NC(=S)NNC(=O)C3CCC(C(C)(C)C)CC3)nc12. The van der Waals surface area contributed by atoms with Gasteiger partial charge in [-0.3, -0.25) is 15.6 Å². The first-order valence-corrected chi connectivity index (χ1v) is 10.1. The molecule has 0 atom stereocenters. The molecule has 3 rings (SSSR count). The Balaban J connectivity index is 1.49. The van der Waals surface area contributed by atoms with E-state index in [0.717, 1.165) is 36.7 Å². The fourth-order valence-electron chi connectivity index (χ4n) is 3.81. The molecule has 7 nitrogen and oxygen atoms in total. The highest BCUT2D eigenvalue weighted by molar-refractivity contribution is 7.80. The monoisotopic (exact) mass is 403 g/mol. The van der Waals surface area contributed by atoms with Gasteiger partial charge >= 0.3 is 0 Å². The number of hydrazine groups is 1. The molecule has 0 saturated heterocycles. The van der Waals surface area contributed by atoms with Gasteiger partial charge in [0.05, 0.1) is 12.6 Å². The number of anilines is 1. The van der Waals surface area contributed by atoms with Crippen molar-refractivity contribution in [2.45, 2.75) is 46.5 Å². The van der Waals surface area contributed by atoms with Crippen LogP contribution >= 0.6 is 12.2 Å². The van der Waals surface area contributed by atoms with Crippen LogP contribution in [0.4, 0.5) is 5.95 Å². The number of ether oxygens (including phenoxy) is 1. The molecule has 1 aromatic carbocycles. The number of methoxy groups -OCH3 is 1. The van der Waals surface area contributed by atoms with Crippen LogP contribution in [0.25, 0.3) is 11.0 Å². The Morgan fingerprint density at radius 2 is 1.93 bits per heavy atom. The number of hydrogen-bond donors (Lipinski definition) is 4. The standard InChI is InChI=1S/C20H29N5O2S/c1-20(2,3)13-10-8-12(9-11-13)17(26)24-25-19(28)23-18-21-14-6-5-7-15(27-4)16(14)22-18/h5-7,12-13H,8-11H2,1-4H3,(H,24,26)(H3,21,22,23,25,28). The van der Waals surface area contributed by atoms with E-state index in [2.05, 4.69) is 46.9 Å². The quantitative estimate of drug-likeness (QED) is 0.461. The number of fused-ring (bicyclic) bond motifs is 1. The van der Waals surface area contributed by atoms with E-state index in [-0.39, 0.29) is 16.9 Å². The zero-order valence-corrected chi connectivity index (χ0v) is 17.7. The Bertz CT molecular complexity index is 850. The zero-order valence-electron chi connectivity index (χ0n) is 16.9. The normalized spacial score (nSPS) is 19.9. The Hall–Kier alpha value is -2.35. The number of rotatable bonds is 3. The van der Waals surface area contributed by atoms with E-state index in [0.29, 0.717) is 23.0 Å². The summed E-state index contributed by atoms with van der Waals surface area (Å²) in [5, 5.41) is 3.22. The molecule has 0 aliphatic heterocycles. The highest BCUT2D eigenvalue weighted by Gasteiger charge is 2.32. The number of hydrogen-bond acceptors (Lipinski definition) is 4. The maximum absolute atomic E-state index is 12.4. The van der Waals surface area contributed by atoms with Crippen molar-refractivity contribution in [3.05, 3.63) is 18.2 Å². The van der Waals surface area contributed by atoms with E-state index < -0.39 is 0 Å². The van der Waals surface area contributed by atoms with Crippen molar-refractivity contribution in [2.24, 2.45) is 17.3 Å². The third-order valence-electron chi connectivity index (χ3n) is 5.55. The van der Waals surface area contributed by atoms with Crippen molar-refractivity contribution in [1.82, 2.24) is 20.8 Å². The fourth-order valence-corrected chi connectivity index (χ4v) is 3.96. The van der Waals surface area contributed by atoms with Crippen LogP contribution in [0, 0.1) is 17.3 Å². The lowest BCUT2D eigenvalue weighted by Gasteiger charge is -2.36. The number of carbonyl (C=O) groups excluding carboxylic acids is 1. The summed E-state index contributed by atoms with van der Waals surface area (Å²) in [6, 6.07) is 5.63. The van der Waals surface area contributed by atoms with Crippen molar-refractivity contribution in [1.29, 1.82) is 0 Å². The molecule has 0 unspecified atom stereocenters. The summed E-state index contributed by atoms with van der Waals surface area (Å²) in [4.78, 5) is 20.0. The minimum atomic E-state index is -0.0113. The van der Waals surface area contributed by atoms with E-state index in [1.54, 1.807) is 7.11 Å². The van der Waals surface area contributed by atoms with Crippen molar-refractivity contribution < 1.29 is 9.53 Å². The summed E-state index contributed by atoms with van der Waals surface area (Å²) in [6.45, 7) is 6.83. The maximum atomic E-state index is 12.4. The molecule has 0 radical (unpaired) electrons. The Kier molecular flexibility index (Phi) is 6.07. The number of aromatic nitrogens is 2. The third kappa shape index (κ3) is 4.73. The smallest absolute Gasteiger partial charge is 0.241 e. The number of carbonyl (C=O) groups is 1. The van der Waals surface area contributed by atoms with Crippen LogP contribution in [0.15, 0.2) is 18.2 Å². The molecule has 1 aromatic heterocycles. The van der Waals surface area contributed by atoms with Crippen LogP contribution in [-0.4, -0.2) is 28.1 Å². The summed E-state index contributed by atoms with van der Waals surface area (Å²) >= 11 is 5.26. The van der Waals surface area contributed by atoms with Gasteiger partial charge in [-0.15, -0.1) is 0 Å². The maximum Gasteiger partial charge on any atom is 0.241 e. The number of H-pyrrole nitrogens is 1. The van der Waals surface area contributed by atoms with Crippen LogP contribution in [-0.2, 0) is 4.79 Å². The number of nitrogens with zero attached hydrogens (tertiary/aromatic N) is 1. The summed E-state index contributed by atoms with van der Waals surface area (Å²) in [5.41, 5.74) is 7.36. The Labute approximate surface area is 171 Å². The summed E-state index contributed by atoms with van der Waals surface area (Å²) < 4.78 is 5.30. The molecule has 28 heavy (non-hydrogen) atoms. The van der Waals surface area contributed by atoms with Gasteiger partial charge in [0.2, 0.25) is 11.9 Å². The minimum Gasteiger partial charge on any atom is -0.494 e. The van der Waals surface area contributed by atoms with Gasteiger partial charge in [0.1, 0.15) is 11.3 Å². The molecule has 8 heteroatoms. The highest BCUT2D eigenvalue weighted by Crippen LogP contribution is 2.39. The third-order valence-corrected chi connectivity index (χ3v) is 5.75. The largest absolute Gasteiger partial charge is 0.494 e. The molecule has 1 saturated carbocycles. The first-order valence-electron chi connectivity index (χ1n) is 9.67. The number of imidazole rings is 1. The second kappa shape index (κ2) is 8.34. The molecule has 4 N–H and O–H groups in total. The van der Waals surface area contributed by atoms with Gasteiger partial charge in [0.25, 0.3) is 0 Å². The molecule has 1 aliphatic rings. The van der Waals surface area contributed by atoms with E-state index in [9.17, 15) is 4.79 Å². The number of thiocarbonyl (C=S) groups is 1. The average Bonchev–Trinajstić information content (AvgIpc) is 3.07. The first kappa shape index (κ1) is 20.4. The van der Waals surface area contributed by atoms with E-state index in [1.807, 2.05) is 18.2 Å². The molecule has 1 amide bonds. The Morgan fingerprint density at radius 1 is 1.21 bits per heavy atom. The number of para-hydroxylation sites is 1. The van der Waals surface area contributed by atoms with Crippen LogP contribution in [0.2, 0.25) is 0 Å². The second-order valence-electron chi connectivity index (χ2n) is 8.42. The van der Waals surface area contributed by atoms with Crippen LogP contribution < -0.4 is 20.9 Å². The van der Waals surface area contributed by atoms with Crippen LogP contribution in [0.5, 0.6) is 5.75 Å². The zero-order chi connectivity index (χ0) is 20.3. The van der Waals surface area contributed by atoms with Crippen LogP contribution in [0.1, 0.15) is 46.5 Å². The lowest BCUT2D eigenvalue weighted by atomic mass is 9.70. The highest BCUT2D eigenvalue weighted by atomic mass is 32.1. The van der Waals surface area contributed by atoms with E-state index in [1.165, 1.54) is 0 Å². The molecule has 152 valence electrons. The van der Waals surface area contributed by atoms with Crippen LogP contribution in [0.3, 0.4) is 0 Å². The molecular weight excluding hydrogens is 374 g/mol. The van der Waals surface area contributed by atoms with Gasteiger partial charge in [-0.1, -0.05) is 26.8 Å².